The summed E-state index contributed by atoms with van der Waals surface area (Å²) in [6, 6.07) is 0. The summed E-state index contributed by atoms with van der Waals surface area (Å²) in [4.78, 5) is 10.3. The van der Waals surface area contributed by atoms with Gasteiger partial charge in [0.25, 0.3) is 0 Å². The Balaban J connectivity index is 2.63. The number of hydrogen-bond acceptors (Lipinski definition) is 3. The highest BCUT2D eigenvalue weighted by Crippen LogP contribution is 2.39. The first-order valence-corrected chi connectivity index (χ1v) is 5.80. The fourth-order valence-corrected chi connectivity index (χ4v) is 2.53. The second-order valence-electron chi connectivity index (χ2n) is 4.48. The molecule has 0 aromatic rings. The molecule has 0 aromatic heterocycles. The van der Waals surface area contributed by atoms with Crippen molar-refractivity contribution in [1.82, 2.24) is 0 Å². The maximum absolute atomic E-state index is 10.4. The van der Waals surface area contributed by atoms with Crippen molar-refractivity contribution < 1.29 is 20.1 Å². The molecule has 0 heterocycles. The number of aliphatic hydroxyl groups is 2. The normalized spacial score (nSPS) is 32.1. The fourth-order valence-electron chi connectivity index (χ4n) is 2.53. The summed E-state index contributed by atoms with van der Waals surface area (Å²) in [6.07, 6.45) is 5.27. The van der Waals surface area contributed by atoms with Crippen LogP contribution in [0.4, 0.5) is 0 Å². The Labute approximate surface area is 95.6 Å². The molecule has 4 nitrogen and oxygen atoms in total. The number of allylic oxidation sites excluding steroid dienone is 1. The number of carbonyl (C=O) groups is 1. The number of rotatable bonds is 5. The molecule has 1 aliphatic rings. The van der Waals surface area contributed by atoms with Crippen LogP contribution in [0, 0.1) is 5.92 Å². The fraction of sp³-hybridized carbons (Fsp3) is 0.750. The van der Waals surface area contributed by atoms with E-state index < -0.39 is 17.7 Å². The van der Waals surface area contributed by atoms with Crippen molar-refractivity contribution in [3.63, 3.8) is 0 Å². The number of hydrogen-bond donors (Lipinski definition) is 3. The predicted octanol–water partition coefficient (Wildman–Crippen LogP) is 1.32. The largest absolute Gasteiger partial charge is 0.478 e. The maximum Gasteiger partial charge on any atom is 0.327 e. The standard InChI is InChI=1S/C12H20O4/c1-2-9(5-3-7-11(14)15)12(16)8-4-6-10(12)13/h3,7,9-10,13,16H,2,4-6,8H2,1H3,(H,14,15). The lowest BCUT2D eigenvalue weighted by atomic mass is 9.80. The van der Waals surface area contributed by atoms with Gasteiger partial charge in [-0.05, 0) is 31.6 Å². The van der Waals surface area contributed by atoms with Gasteiger partial charge in [-0.25, -0.2) is 4.79 Å². The molecule has 1 aliphatic carbocycles. The Morgan fingerprint density at radius 1 is 1.62 bits per heavy atom. The van der Waals surface area contributed by atoms with Gasteiger partial charge < -0.3 is 15.3 Å². The van der Waals surface area contributed by atoms with Gasteiger partial charge in [0.2, 0.25) is 0 Å². The van der Waals surface area contributed by atoms with Crippen LogP contribution in [0.5, 0.6) is 0 Å². The SMILES string of the molecule is CCC(CC=CC(=O)O)C1(O)CCCC1O. The molecular weight excluding hydrogens is 208 g/mol. The van der Waals surface area contributed by atoms with Crippen molar-refractivity contribution in [2.24, 2.45) is 5.92 Å². The van der Waals surface area contributed by atoms with Crippen molar-refractivity contribution in [2.75, 3.05) is 0 Å². The molecule has 1 fully saturated rings. The Morgan fingerprint density at radius 2 is 2.31 bits per heavy atom. The van der Waals surface area contributed by atoms with Crippen LogP contribution in [0.3, 0.4) is 0 Å². The van der Waals surface area contributed by atoms with Gasteiger partial charge in [-0.2, -0.15) is 0 Å². The molecule has 3 N–H and O–H groups in total. The van der Waals surface area contributed by atoms with Gasteiger partial charge in [0, 0.05) is 6.08 Å². The Bertz CT molecular complexity index is 274. The average Bonchev–Trinajstić information content (AvgIpc) is 2.55. The van der Waals surface area contributed by atoms with Gasteiger partial charge >= 0.3 is 5.97 Å². The molecule has 0 bridgehead atoms. The second kappa shape index (κ2) is 5.46. The third-order valence-corrected chi connectivity index (χ3v) is 3.51. The van der Waals surface area contributed by atoms with Gasteiger partial charge in [-0.1, -0.05) is 19.4 Å². The van der Waals surface area contributed by atoms with E-state index in [0.717, 1.165) is 18.9 Å². The third-order valence-electron chi connectivity index (χ3n) is 3.51. The summed E-state index contributed by atoms with van der Waals surface area (Å²) in [5.74, 6) is -1.05. The molecule has 3 atom stereocenters. The van der Waals surface area contributed by atoms with Crippen LogP contribution < -0.4 is 0 Å². The summed E-state index contributed by atoms with van der Waals surface area (Å²) >= 11 is 0. The van der Waals surface area contributed by atoms with Gasteiger partial charge in [0.15, 0.2) is 0 Å². The highest BCUT2D eigenvalue weighted by molar-refractivity contribution is 5.79. The number of aliphatic hydroxyl groups excluding tert-OH is 1. The van der Waals surface area contributed by atoms with Crippen molar-refractivity contribution in [2.45, 2.75) is 50.7 Å². The highest BCUT2D eigenvalue weighted by Gasteiger charge is 2.44. The van der Waals surface area contributed by atoms with Gasteiger partial charge in [0.05, 0.1) is 11.7 Å². The van der Waals surface area contributed by atoms with E-state index in [1.807, 2.05) is 6.92 Å². The van der Waals surface area contributed by atoms with Crippen molar-refractivity contribution in [1.29, 1.82) is 0 Å². The number of carboxylic acid groups (broad SMARTS) is 1. The van der Waals surface area contributed by atoms with Crippen LogP contribution >= 0.6 is 0 Å². The molecule has 3 unspecified atom stereocenters. The molecule has 1 saturated carbocycles. The van der Waals surface area contributed by atoms with Gasteiger partial charge in [-0.15, -0.1) is 0 Å². The van der Waals surface area contributed by atoms with E-state index in [1.54, 1.807) is 6.08 Å². The summed E-state index contributed by atoms with van der Waals surface area (Å²) in [7, 11) is 0. The van der Waals surface area contributed by atoms with Gasteiger partial charge in [0.1, 0.15) is 0 Å². The topological polar surface area (TPSA) is 77.8 Å². The number of carboxylic acids is 1. The van der Waals surface area contributed by atoms with Crippen molar-refractivity contribution in [3.8, 4) is 0 Å². The first-order chi connectivity index (χ1) is 7.50. The monoisotopic (exact) mass is 228 g/mol. The molecule has 0 spiro atoms. The molecule has 0 amide bonds. The van der Waals surface area contributed by atoms with E-state index in [1.165, 1.54) is 0 Å². The summed E-state index contributed by atoms with van der Waals surface area (Å²) in [6.45, 7) is 1.95. The minimum Gasteiger partial charge on any atom is -0.478 e. The Kier molecular flexibility index (Phi) is 4.50. The van der Waals surface area contributed by atoms with Crippen LogP contribution in [-0.4, -0.2) is 33.0 Å². The molecule has 0 aromatic carbocycles. The van der Waals surface area contributed by atoms with Crippen LogP contribution in [0.25, 0.3) is 0 Å². The zero-order valence-corrected chi connectivity index (χ0v) is 9.59. The van der Waals surface area contributed by atoms with Crippen LogP contribution in [-0.2, 0) is 4.79 Å². The molecule has 92 valence electrons. The van der Waals surface area contributed by atoms with E-state index in [-0.39, 0.29) is 5.92 Å². The molecule has 0 saturated heterocycles. The molecular formula is C12H20O4. The average molecular weight is 228 g/mol. The second-order valence-corrected chi connectivity index (χ2v) is 4.48. The minimum absolute atomic E-state index is 0.0689. The zero-order chi connectivity index (χ0) is 12.2. The Hall–Kier alpha value is -0.870. The molecule has 4 heteroatoms. The van der Waals surface area contributed by atoms with Crippen LogP contribution in [0.1, 0.15) is 39.0 Å². The lowest BCUT2D eigenvalue weighted by molar-refractivity contribution is -0.131. The molecule has 0 aliphatic heterocycles. The predicted molar refractivity (Wildman–Crippen MR) is 60.0 cm³/mol. The van der Waals surface area contributed by atoms with Crippen LogP contribution in [0.15, 0.2) is 12.2 Å². The zero-order valence-electron chi connectivity index (χ0n) is 9.59. The molecule has 0 radical (unpaired) electrons. The first-order valence-electron chi connectivity index (χ1n) is 5.80. The lowest BCUT2D eigenvalue weighted by Gasteiger charge is -2.34. The highest BCUT2D eigenvalue weighted by atomic mass is 16.4. The van der Waals surface area contributed by atoms with E-state index in [4.69, 9.17) is 5.11 Å². The summed E-state index contributed by atoms with van der Waals surface area (Å²) in [5, 5.41) is 28.6. The molecule has 16 heavy (non-hydrogen) atoms. The summed E-state index contributed by atoms with van der Waals surface area (Å²) < 4.78 is 0. The third kappa shape index (κ3) is 2.83. The quantitative estimate of drug-likeness (QED) is 0.620. The lowest BCUT2D eigenvalue weighted by Crippen LogP contribution is -2.44. The van der Waals surface area contributed by atoms with E-state index in [9.17, 15) is 15.0 Å². The summed E-state index contributed by atoms with van der Waals surface area (Å²) in [5.41, 5.74) is -1.03. The van der Waals surface area contributed by atoms with Gasteiger partial charge in [-0.3, -0.25) is 0 Å². The number of aliphatic carboxylic acids is 1. The smallest absolute Gasteiger partial charge is 0.327 e. The van der Waals surface area contributed by atoms with E-state index in [2.05, 4.69) is 0 Å². The van der Waals surface area contributed by atoms with E-state index >= 15 is 0 Å². The molecule has 1 rings (SSSR count). The minimum atomic E-state index is -1.03. The van der Waals surface area contributed by atoms with Crippen LogP contribution in [0.2, 0.25) is 0 Å². The van der Waals surface area contributed by atoms with Crippen molar-refractivity contribution in [3.05, 3.63) is 12.2 Å². The Morgan fingerprint density at radius 3 is 2.75 bits per heavy atom. The van der Waals surface area contributed by atoms with E-state index in [0.29, 0.717) is 19.3 Å². The maximum atomic E-state index is 10.4. The van der Waals surface area contributed by atoms with Crippen molar-refractivity contribution >= 4 is 5.97 Å². The first kappa shape index (κ1) is 13.2.